The van der Waals surface area contributed by atoms with Crippen LogP contribution < -0.4 is 20.8 Å². The van der Waals surface area contributed by atoms with Crippen molar-refractivity contribution < 1.29 is 8.42 Å². The molecule has 1 fully saturated rings. The number of hydrazone groups is 1. The summed E-state index contributed by atoms with van der Waals surface area (Å²) in [4.78, 5) is 9.81. The molecule has 0 amide bonds. The van der Waals surface area contributed by atoms with Gasteiger partial charge in [-0.3, -0.25) is 5.43 Å². The zero-order valence-electron chi connectivity index (χ0n) is 21.1. The Labute approximate surface area is 222 Å². The van der Waals surface area contributed by atoms with Gasteiger partial charge in [-0.15, -0.1) is 0 Å². The SMILES string of the molecule is CNS(=O)(=O)c1ccc(C(C)=NNc2nc(Nc3ccccc3)nc(NC3CC3)c2-c2ccccc2)cc1. The molecule has 9 nitrogen and oxygen atoms in total. The highest BCUT2D eigenvalue weighted by Gasteiger charge is 2.25. The largest absolute Gasteiger partial charge is 0.367 e. The van der Waals surface area contributed by atoms with Crippen molar-refractivity contribution in [3.05, 3.63) is 90.5 Å². The monoisotopic (exact) mass is 527 g/mol. The van der Waals surface area contributed by atoms with Gasteiger partial charge in [-0.1, -0.05) is 60.7 Å². The molecule has 5 rings (SSSR count). The van der Waals surface area contributed by atoms with Gasteiger partial charge in [0.1, 0.15) is 5.82 Å². The molecule has 0 bridgehead atoms. The van der Waals surface area contributed by atoms with E-state index in [-0.39, 0.29) is 4.90 Å². The van der Waals surface area contributed by atoms with E-state index < -0.39 is 10.0 Å². The van der Waals surface area contributed by atoms with E-state index in [1.165, 1.54) is 7.05 Å². The van der Waals surface area contributed by atoms with Crippen molar-refractivity contribution in [2.75, 3.05) is 23.1 Å². The summed E-state index contributed by atoms with van der Waals surface area (Å²) in [5.74, 6) is 1.71. The smallest absolute Gasteiger partial charge is 0.240 e. The lowest BCUT2D eigenvalue weighted by Crippen LogP contribution is -2.18. The van der Waals surface area contributed by atoms with Crippen molar-refractivity contribution in [3.63, 3.8) is 0 Å². The molecule has 1 aromatic heterocycles. The Hall–Kier alpha value is -4.28. The number of benzene rings is 3. The Balaban J connectivity index is 1.52. The van der Waals surface area contributed by atoms with Gasteiger partial charge < -0.3 is 10.6 Å². The fourth-order valence-electron chi connectivity index (χ4n) is 3.85. The minimum Gasteiger partial charge on any atom is -0.367 e. The molecule has 0 unspecified atom stereocenters. The van der Waals surface area contributed by atoms with Crippen LogP contribution in [0.5, 0.6) is 0 Å². The van der Waals surface area contributed by atoms with E-state index in [2.05, 4.69) is 25.9 Å². The summed E-state index contributed by atoms with van der Waals surface area (Å²) in [5, 5.41) is 11.4. The zero-order valence-corrected chi connectivity index (χ0v) is 22.0. The molecule has 0 saturated heterocycles. The average molecular weight is 528 g/mol. The van der Waals surface area contributed by atoms with E-state index in [1.807, 2.05) is 67.6 Å². The normalized spacial score (nSPS) is 13.7. The molecule has 4 N–H and O–H groups in total. The molecule has 1 aliphatic rings. The van der Waals surface area contributed by atoms with Crippen molar-refractivity contribution in [2.45, 2.75) is 30.7 Å². The highest BCUT2D eigenvalue weighted by Crippen LogP contribution is 2.37. The van der Waals surface area contributed by atoms with Gasteiger partial charge in [0.15, 0.2) is 5.82 Å². The first kappa shape index (κ1) is 25.4. The topological polar surface area (TPSA) is 120 Å². The summed E-state index contributed by atoms with van der Waals surface area (Å²) in [6.45, 7) is 1.85. The fraction of sp³-hybridized carbons (Fsp3) is 0.179. The van der Waals surface area contributed by atoms with Gasteiger partial charge in [-0.05, 0) is 62.2 Å². The minimum absolute atomic E-state index is 0.194. The highest BCUT2D eigenvalue weighted by atomic mass is 32.2. The molecule has 0 atom stereocenters. The van der Waals surface area contributed by atoms with Gasteiger partial charge >= 0.3 is 0 Å². The highest BCUT2D eigenvalue weighted by molar-refractivity contribution is 7.89. The van der Waals surface area contributed by atoms with Crippen LogP contribution in [0.3, 0.4) is 0 Å². The van der Waals surface area contributed by atoms with Crippen LogP contribution in [0.2, 0.25) is 0 Å². The molecule has 10 heteroatoms. The second-order valence-corrected chi connectivity index (χ2v) is 10.8. The summed E-state index contributed by atoms with van der Waals surface area (Å²) in [6, 6.07) is 26.7. The van der Waals surface area contributed by atoms with E-state index in [9.17, 15) is 8.42 Å². The molecular formula is C28H29N7O2S. The molecule has 194 valence electrons. The van der Waals surface area contributed by atoms with Crippen LogP contribution >= 0.6 is 0 Å². The Morgan fingerprint density at radius 1 is 0.868 bits per heavy atom. The van der Waals surface area contributed by atoms with E-state index in [1.54, 1.807) is 24.3 Å². The van der Waals surface area contributed by atoms with E-state index in [4.69, 9.17) is 9.97 Å². The molecular weight excluding hydrogens is 498 g/mol. The number of nitrogens with one attached hydrogen (secondary N) is 4. The first-order valence-corrected chi connectivity index (χ1v) is 13.8. The van der Waals surface area contributed by atoms with Crippen LogP contribution in [-0.2, 0) is 10.0 Å². The van der Waals surface area contributed by atoms with Gasteiger partial charge in [0.25, 0.3) is 0 Å². The number of rotatable bonds is 10. The number of hydrogen-bond acceptors (Lipinski definition) is 8. The van der Waals surface area contributed by atoms with Crippen LogP contribution in [0.25, 0.3) is 11.1 Å². The van der Waals surface area contributed by atoms with Crippen LogP contribution in [-0.4, -0.2) is 37.2 Å². The predicted octanol–water partition coefficient (Wildman–Crippen LogP) is 5.21. The van der Waals surface area contributed by atoms with Gasteiger partial charge in [0.2, 0.25) is 16.0 Å². The summed E-state index contributed by atoms with van der Waals surface area (Å²) in [7, 11) is -2.12. The molecule has 0 radical (unpaired) electrons. The van der Waals surface area contributed by atoms with Gasteiger partial charge in [-0.2, -0.15) is 15.1 Å². The van der Waals surface area contributed by atoms with Crippen LogP contribution in [0.15, 0.2) is 94.9 Å². The molecule has 0 spiro atoms. The number of anilines is 4. The van der Waals surface area contributed by atoms with Crippen molar-refractivity contribution in [2.24, 2.45) is 5.10 Å². The molecule has 1 heterocycles. The van der Waals surface area contributed by atoms with Crippen LogP contribution in [0, 0.1) is 0 Å². The Morgan fingerprint density at radius 2 is 1.50 bits per heavy atom. The second-order valence-electron chi connectivity index (χ2n) is 8.94. The molecule has 38 heavy (non-hydrogen) atoms. The standard InChI is InChI=1S/C28H29N7O2S/c1-19(20-13-17-24(18-14-20)38(36,37)29-2)34-35-27-25(21-9-5-3-6-10-21)26(30-23-15-16-23)32-28(33-27)31-22-11-7-4-8-12-22/h3-14,17-18,23,29H,15-16H2,1-2H3,(H3,30,31,32,33,35). The minimum atomic E-state index is -3.51. The molecule has 3 aromatic carbocycles. The third kappa shape index (κ3) is 5.99. The average Bonchev–Trinajstić information content (AvgIpc) is 3.77. The fourth-order valence-corrected chi connectivity index (χ4v) is 4.58. The maximum Gasteiger partial charge on any atom is 0.240 e. The Morgan fingerprint density at radius 3 is 2.13 bits per heavy atom. The number of para-hydroxylation sites is 1. The van der Waals surface area contributed by atoms with E-state index in [0.717, 1.165) is 41.0 Å². The second kappa shape index (κ2) is 11.0. The van der Waals surface area contributed by atoms with Gasteiger partial charge in [0.05, 0.1) is 16.2 Å². The summed E-state index contributed by atoms with van der Waals surface area (Å²) < 4.78 is 26.4. The lowest BCUT2D eigenvalue weighted by molar-refractivity contribution is 0.588. The quantitative estimate of drug-likeness (QED) is 0.165. The van der Waals surface area contributed by atoms with Gasteiger partial charge in [0, 0.05) is 11.7 Å². The number of aromatic nitrogens is 2. The Kier molecular flexibility index (Phi) is 7.34. The van der Waals surface area contributed by atoms with Crippen LogP contribution in [0.4, 0.5) is 23.3 Å². The maximum absolute atomic E-state index is 12.1. The zero-order chi connectivity index (χ0) is 26.5. The van der Waals surface area contributed by atoms with Gasteiger partial charge in [-0.25, -0.2) is 13.1 Å². The molecule has 0 aliphatic heterocycles. The lowest BCUT2D eigenvalue weighted by Gasteiger charge is -2.17. The first-order chi connectivity index (χ1) is 18.4. The van der Waals surface area contributed by atoms with E-state index >= 15 is 0 Å². The predicted molar refractivity (Wildman–Crippen MR) is 152 cm³/mol. The van der Waals surface area contributed by atoms with Crippen molar-refractivity contribution in [3.8, 4) is 11.1 Å². The van der Waals surface area contributed by atoms with E-state index in [0.29, 0.717) is 23.5 Å². The first-order valence-electron chi connectivity index (χ1n) is 12.3. The molecule has 1 saturated carbocycles. The van der Waals surface area contributed by atoms with Crippen molar-refractivity contribution in [1.82, 2.24) is 14.7 Å². The third-order valence-electron chi connectivity index (χ3n) is 6.10. The summed E-state index contributed by atoms with van der Waals surface area (Å²) >= 11 is 0. The Bertz CT molecular complexity index is 1540. The van der Waals surface area contributed by atoms with Crippen molar-refractivity contribution in [1.29, 1.82) is 0 Å². The molecule has 4 aromatic rings. The lowest BCUT2D eigenvalue weighted by atomic mass is 10.1. The van der Waals surface area contributed by atoms with Crippen LogP contribution in [0.1, 0.15) is 25.3 Å². The summed E-state index contributed by atoms with van der Waals surface area (Å²) in [5.41, 5.74) is 7.26. The number of sulfonamides is 1. The third-order valence-corrected chi connectivity index (χ3v) is 7.53. The van der Waals surface area contributed by atoms with Crippen molar-refractivity contribution >= 4 is 39.0 Å². The molecule has 1 aliphatic carbocycles. The maximum atomic E-state index is 12.1. The number of hydrogen-bond donors (Lipinski definition) is 4. The summed E-state index contributed by atoms with van der Waals surface area (Å²) in [6.07, 6.45) is 2.19. The number of nitrogens with zero attached hydrogens (tertiary/aromatic N) is 3.